The topological polar surface area (TPSA) is 24.5 Å². The maximum atomic E-state index is 5.85. The maximum absolute atomic E-state index is 5.85. The molecule has 116 valence electrons. The van der Waals surface area contributed by atoms with Gasteiger partial charge in [-0.1, -0.05) is 15.9 Å². The number of hydrogen-bond acceptors (Lipinski definition) is 3. The second-order valence-corrected chi connectivity index (χ2v) is 7.28. The first kappa shape index (κ1) is 15.3. The Morgan fingerprint density at radius 3 is 2.76 bits per heavy atom. The molecule has 1 fully saturated rings. The van der Waals surface area contributed by atoms with Crippen LogP contribution in [0.4, 0.5) is 0 Å². The molecule has 1 aromatic rings. The van der Waals surface area contributed by atoms with Crippen LogP contribution in [0.3, 0.4) is 0 Å². The molecule has 0 saturated heterocycles. The highest BCUT2D eigenvalue weighted by molar-refractivity contribution is 9.10. The van der Waals surface area contributed by atoms with Crippen molar-refractivity contribution < 1.29 is 4.74 Å². The molecule has 21 heavy (non-hydrogen) atoms. The van der Waals surface area contributed by atoms with Crippen LogP contribution in [0.25, 0.3) is 0 Å². The third kappa shape index (κ3) is 3.43. The molecule has 0 atom stereocenters. The van der Waals surface area contributed by atoms with Crippen LogP contribution in [0.2, 0.25) is 0 Å². The largest absolute Gasteiger partial charge is 0.493 e. The third-order valence-electron chi connectivity index (χ3n) is 4.97. The van der Waals surface area contributed by atoms with E-state index in [0.29, 0.717) is 12.1 Å². The zero-order chi connectivity index (χ0) is 14.8. The molecule has 1 aliphatic carbocycles. The summed E-state index contributed by atoms with van der Waals surface area (Å²) >= 11 is 3.64. The molecule has 1 saturated carbocycles. The first-order valence-electron chi connectivity index (χ1n) is 7.99. The van der Waals surface area contributed by atoms with Crippen LogP contribution in [0.1, 0.15) is 36.8 Å². The van der Waals surface area contributed by atoms with Crippen molar-refractivity contribution in [2.24, 2.45) is 0 Å². The van der Waals surface area contributed by atoms with Crippen molar-refractivity contribution in [2.75, 3.05) is 20.7 Å². The Balaban J connectivity index is 1.67. The zero-order valence-corrected chi connectivity index (χ0v) is 14.6. The molecular weight excluding hydrogens is 328 g/mol. The van der Waals surface area contributed by atoms with Crippen LogP contribution in [0, 0.1) is 0 Å². The molecule has 1 N–H and O–H groups in total. The molecule has 0 amide bonds. The van der Waals surface area contributed by atoms with Gasteiger partial charge in [0.2, 0.25) is 0 Å². The summed E-state index contributed by atoms with van der Waals surface area (Å²) in [6, 6.07) is 5.84. The SMILES string of the molecule is CNC1CCC(N(C)Cc2cc(Br)cc3c2OCC3)CC1. The van der Waals surface area contributed by atoms with E-state index in [-0.39, 0.29) is 0 Å². The van der Waals surface area contributed by atoms with Crippen molar-refractivity contribution in [2.45, 2.75) is 50.7 Å². The summed E-state index contributed by atoms with van der Waals surface area (Å²) < 4.78 is 7.02. The number of halogens is 1. The Morgan fingerprint density at radius 1 is 1.29 bits per heavy atom. The van der Waals surface area contributed by atoms with Gasteiger partial charge in [0.05, 0.1) is 6.61 Å². The van der Waals surface area contributed by atoms with Crippen molar-refractivity contribution in [1.29, 1.82) is 0 Å². The minimum atomic E-state index is 0.700. The number of ether oxygens (including phenoxy) is 1. The first-order valence-corrected chi connectivity index (χ1v) is 8.78. The van der Waals surface area contributed by atoms with E-state index >= 15 is 0 Å². The van der Waals surface area contributed by atoms with Gasteiger partial charge in [-0.25, -0.2) is 0 Å². The van der Waals surface area contributed by atoms with E-state index in [0.717, 1.165) is 25.3 Å². The lowest BCUT2D eigenvalue weighted by Crippen LogP contribution is -2.39. The van der Waals surface area contributed by atoms with Gasteiger partial charge in [-0.3, -0.25) is 4.90 Å². The third-order valence-corrected chi connectivity index (χ3v) is 5.43. The number of rotatable bonds is 4. The van der Waals surface area contributed by atoms with E-state index in [9.17, 15) is 0 Å². The predicted molar refractivity (Wildman–Crippen MR) is 89.9 cm³/mol. The smallest absolute Gasteiger partial charge is 0.127 e. The van der Waals surface area contributed by atoms with E-state index in [1.807, 2.05) is 0 Å². The Bertz CT molecular complexity index is 498. The molecule has 0 radical (unpaired) electrons. The van der Waals surface area contributed by atoms with Gasteiger partial charge in [0, 0.05) is 35.1 Å². The number of benzene rings is 1. The van der Waals surface area contributed by atoms with Gasteiger partial charge in [-0.05, 0) is 57.5 Å². The molecule has 0 aromatic heterocycles. The molecule has 3 nitrogen and oxygen atoms in total. The normalized spacial score (nSPS) is 25.0. The number of hydrogen-bond donors (Lipinski definition) is 1. The molecule has 1 aromatic carbocycles. The fourth-order valence-corrected chi connectivity index (χ4v) is 4.22. The number of nitrogens with zero attached hydrogens (tertiary/aromatic N) is 1. The summed E-state index contributed by atoms with van der Waals surface area (Å²) in [6.45, 7) is 1.81. The number of nitrogens with one attached hydrogen (secondary N) is 1. The first-order chi connectivity index (χ1) is 10.2. The van der Waals surface area contributed by atoms with E-state index in [1.54, 1.807) is 0 Å². The van der Waals surface area contributed by atoms with Gasteiger partial charge in [0.25, 0.3) is 0 Å². The van der Waals surface area contributed by atoms with Crippen LogP contribution in [0.5, 0.6) is 5.75 Å². The average molecular weight is 353 g/mol. The molecule has 1 aliphatic heterocycles. The standard InChI is InChI=1S/C17H25BrN2O/c1-19-15-3-5-16(6-4-15)20(2)11-13-10-14(18)9-12-7-8-21-17(12)13/h9-10,15-16,19H,3-8,11H2,1-2H3. The molecule has 3 rings (SSSR count). The van der Waals surface area contributed by atoms with Crippen molar-refractivity contribution in [1.82, 2.24) is 10.2 Å². The molecule has 4 heteroatoms. The van der Waals surface area contributed by atoms with Gasteiger partial charge in [-0.2, -0.15) is 0 Å². The zero-order valence-electron chi connectivity index (χ0n) is 13.0. The monoisotopic (exact) mass is 352 g/mol. The summed E-state index contributed by atoms with van der Waals surface area (Å²) in [6.07, 6.45) is 6.20. The highest BCUT2D eigenvalue weighted by Crippen LogP contribution is 2.34. The Morgan fingerprint density at radius 2 is 2.05 bits per heavy atom. The average Bonchev–Trinajstić information content (AvgIpc) is 2.95. The van der Waals surface area contributed by atoms with E-state index in [2.05, 4.69) is 52.4 Å². The van der Waals surface area contributed by atoms with E-state index in [1.165, 1.54) is 41.3 Å². The highest BCUT2D eigenvalue weighted by atomic mass is 79.9. The predicted octanol–water partition coefficient (Wildman–Crippen LogP) is 3.35. The van der Waals surface area contributed by atoms with Crippen LogP contribution < -0.4 is 10.1 Å². The molecule has 2 aliphatic rings. The Kier molecular flexibility index (Phi) is 4.87. The van der Waals surface area contributed by atoms with E-state index in [4.69, 9.17) is 4.74 Å². The summed E-state index contributed by atoms with van der Waals surface area (Å²) in [5.41, 5.74) is 2.68. The van der Waals surface area contributed by atoms with Gasteiger partial charge < -0.3 is 10.1 Å². The summed E-state index contributed by atoms with van der Waals surface area (Å²) in [5, 5.41) is 3.41. The van der Waals surface area contributed by atoms with Gasteiger partial charge in [-0.15, -0.1) is 0 Å². The van der Waals surface area contributed by atoms with Crippen molar-refractivity contribution in [3.05, 3.63) is 27.7 Å². The summed E-state index contributed by atoms with van der Waals surface area (Å²) in [5.74, 6) is 1.13. The maximum Gasteiger partial charge on any atom is 0.127 e. The second kappa shape index (κ2) is 6.67. The second-order valence-electron chi connectivity index (χ2n) is 6.36. The van der Waals surface area contributed by atoms with E-state index < -0.39 is 0 Å². The van der Waals surface area contributed by atoms with Crippen LogP contribution >= 0.6 is 15.9 Å². The van der Waals surface area contributed by atoms with Crippen molar-refractivity contribution >= 4 is 15.9 Å². The van der Waals surface area contributed by atoms with Gasteiger partial charge in [0.15, 0.2) is 0 Å². The quantitative estimate of drug-likeness (QED) is 0.899. The molecule has 0 spiro atoms. The van der Waals surface area contributed by atoms with Crippen LogP contribution in [0.15, 0.2) is 16.6 Å². The Hall–Kier alpha value is -0.580. The lowest BCUT2D eigenvalue weighted by atomic mass is 9.90. The number of fused-ring (bicyclic) bond motifs is 1. The fraction of sp³-hybridized carbons (Fsp3) is 0.647. The minimum absolute atomic E-state index is 0.700. The summed E-state index contributed by atoms with van der Waals surface area (Å²) in [4.78, 5) is 2.51. The van der Waals surface area contributed by atoms with Gasteiger partial charge >= 0.3 is 0 Å². The van der Waals surface area contributed by atoms with Crippen molar-refractivity contribution in [3.63, 3.8) is 0 Å². The molecule has 0 unspecified atom stereocenters. The van der Waals surface area contributed by atoms with Crippen molar-refractivity contribution in [3.8, 4) is 5.75 Å². The molecule has 1 heterocycles. The van der Waals surface area contributed by atoms with Gasteiger partial charge in [0.1, 0.15) is 5.75 Å². The van der Waals surface area contributed by atoms with Crippen LogP contribution in [-0.4, -0.2) is 37.7 Å². The summed E-state index contributed by atoms with van der Waals surface area (Å²) in [7, 11) is 4.34. The lowest BCUT2D eigenvalue weighted by molar-refractivity contribution is 0.168. The minimum Gasteiger partial charge on any atom is -0.493 e. The Labute approximate surface area is 136 Å². The lowest BCUT2D eigenvalue weighted by Gasteiger charge is -2.34. The van der Waals surface area contributed by atoms with Crippen LogP contribution in [-0.2, 0) is 13.0 Å². The molecule has 0 bridgehead atoms. The molecular formula is C17H25BrN2O. The fourth-order valence-electron chi connectivity index (χ4n) is 3.67. The highest BCUT2D eigenvalue weighted by Gasteiger charge is 2.25.